The number of hydrogen-bond acceptors (Lipinski definition) is 4. The Morgan fingerprint density at radius 3 is 2.20 bits per heavy atom. The van der Waals surface area contributed by atoms with Crippen LogP contribution < -0.4 is 4.74 Å². The van der Waals surface area contributed by atoms with Crippen molar-refractivity contribution in [2.45, 2.75) is 19.3 Å². The average molecular weight is 369 g/mol. The molecule has 7 heteroatoms. The number of methoxy groups -OCH3 is 1. The first-order valence-electron chi connectivity index (χ1n) is 8.53. The van der Waals surface area contributed by atoms with Gasteiger partial charge in [-0.2, -0.15) is 0 Å². The third-order valence-corrected chi connectivity index (χ3v) is 4.45. The fourth-order valence-corrected chi connectivity index (χ4v) is 2.87. The van der Waals surface area contributed by atoms with E-state index in [2.05, 4.69) is 0 Å². The molecule has 6 nitrogen and oxygen atoms in total. The number of halogens is 1. The van der Waals surface area contributed by atoms with E-state index in [1.807, 2.05) is 23.1 Å². The van der Waals surface area contributed by atoms with Gasteiger partial charge in [0.2, 0.25) is 11.8 Å². The summed E-state index contributed by atoms with van der Waals surface area (Å²) >= 11 is 6.02. The van der Waals surface area contributed by atoms with E-state index in [9.17, 15) is 9.59 Å². The lowest BCUT2D eigenvalue weighted by Crippen LogP contribution is -2.50. The van der Waals surface area contributed by atoms with Crippen molar-refractivity contribution in [3.63, 3.8) is 0 Å². The van der Waals surface area contributed by atoms with E-state index in [1.165, 1.54) is 0 Å². The SMILES string of the molecule is COCCC(=O)N1CCN(C(=O)CCCOc2ccccc2Cl)CC1. The van der Waals surface area contributed by atoms with E-state index in [0.29, 0.717) is 69.4 Å². The van der Waals surface area contributed by atoms with E-state index in [0.717, 1.165) is 0 Å². The number of nitrogens with zero attached hydrogens (tertiary/aromatic N) is 2. The second-order valence-corrected chi connectivity index (χ2v) is 6.29. The molecule has 138 valence electrons. The minimum absolute atomic E-state index is 0.0853. The standard InChI is InChI=1S/C18H25ClN2O4/c1-24-14-8-18(23)21-11-9-20(10-12-21)17(22)7-4-13-25-16-6-3-2-5-15(16)19/h2-3,5-6H,4,7-14H2,1H3. The second-order valence-electron chi connectivity index (χ2n) is 5.89. The molecule has 2 rings (SSSR count). The molecule has 0 aromatic heterocycles. The Hall–Kier alpha value is -1.79. The Labute approximate surface area is 153 Å². The van der Waals surface area contributed by atoms with Crippen LogP contribution in [-0.4, -0.2) is 68.1 Å². The number of rotatable bonds is 8. The van der Waals surface area contributed by atoms with Gasteiger partial charge in [0.05, 0.1) is 24.7 Å². The fraction of sp³-hybridized carbons (Fsp3) is 0.556. The van der Waals surface area contributed by atoms with Crippen LogP contribution in [0.1, 0.15) is 19.3 Å². The van der Waals surface area contributed by atoms with Gasteiger partial charge in [-0.05, 0) is 18.6 Å². The van der Waals surface area contributed by atoms with Crippen LogP contribution >= 0.6 is 11.6 Å². The van der Waals surface area contributed by atoms with Crippen molar-refractivity contribution in [3.05, 3.63) is 29.3 Å². The summed E-state index contributed by atoms with van der Waals surface area (Å²) in [5.41, 5.74) is 0. The van der Waals surface area contributed by atoms with Gasteiger partial charge in [-0.3, -0.25) is 9.59 Å². The van der Waals surface area contributed by atoms with E-state index in [1.54, 1.807) is 18.1 Å². The van der Waals surface area contributed by atoms with E-state index >= 15 is 0 Å². The smallest absolute Gasteiger partial charge is 0.225 e. The number of amides is 2. The number of hydrogen-bond donors (Lipinski definition) is 0. The molecule has 0 atom stereocenters. The highest BCUT2D eigenvalue weighted by Crippen LogP contribution is 2.23. The molecule has 1 aliphatic heterocycles. The van der Waals surface area contributed by atoms with Crippen LogP contribution in [0, 0.1) is 0 Å². The molecule has 25 heavy (non-hydrogen) atoms. The number of para-hydroxylation sites is 1. The molecule has 0 unspecified atom stereocenters. The molecule has 1 aromatic carbocycles. The van der Waals surface area contributed by atoms with Crippen LogP contribution in [0.2, 0.25) is 5.02 Å². The highest BCUT2D eigenvalue weighted by Gasteiger charge is 2.23. The molecular weight excluding hydrogens is 344 g/mol. The van der Waals surface area contributed by atoms with Crippen molar-refractivity contribution >= 4 is 23.4 Å². The molecule has 0 aliphatic carbocycles. The van der Waals surface area contributed by atoms with Crippen LogP contribution in [0.15, 0.2) is 24.3 Å². The van der Waals surface area contributed by atoms with Crippen LogP contribution in [0.25, 0.3) is 0 Å². The first kappa shape index (κ1) is 19.5. The molecule has 1 fully saturated rings. The Balaban J connectivity index is 1.64. The van der Waals surface area contributed by atoms with Crippen molar-refractivity contribution in [1.82, 2.24) is 9.80 Å². The topological polar surface area (TPSA) is 59.1 Å². The highest BCUT2D eigenvalue weighted by atomic mass is 35.5. The lowest BCUT2D eigenvalue weighted by molar-refractivity contribution is -0.140. The number of ether oxygens (including phenoxy) is 2. The minimum Gasteiger partial charge on any atom is -0.492 e. The summed E-state index contributed by atoms with van der Waals surface area (Å²) in [6.07, 6.45) is 1.46. The van der Waals surface area contributed by atoms with Gasteiger partial charge in [-0.15, -0.1) is 0 Å². The zero-order valence-electron chi connectivity index (χ0n) is 14.6. The molecule has 1 heterocycles. The zero-order chi connectivity index (χ0) is 18.1. The number of benzene rings is 1. The molecule has 1 aliphatic rings. The summed E-state index contributed by atoms with van der Waals surface area (Å²) in [5, 5.41) is 0.572. The Morgan fingerprint density at radius 2 is 1.60 bits per heavy atom. The maximum absolute atomic E-state index is 12.2. The van der Waals surface area contributed by atoms with Crippen molar-refractivity contribution in [2.75, 3.05) is 46.5 Å². The summed E-state index contributed by atoms with van der Waals surface area (Å²) in [5.74, 6) is 0.827. The predicted octanol–water partition coefficient (Wildman–Crippen LogP) is 2.21. The highest BCUT2D eigenvalue weighted by molar-refractivity contribution is 6.32. The lowest BCUT2D eigenvalue weighted by atomic mass is 10.2. The van der Waals surface area contributed by atoms with Gasteiger partial charge in [-0.1, -0.05) is 23.7 Å². The average Bonchev–Trinajstić information content (AvgIpc) is 2.64. The molecule has 0 N–H and O–H groups in total. The molecule has 0 bridgehead atoms. The third kappa shape index (κ3) is 6.21. The Bertz CT molecular complexity index is 574. The van der Waals surface area contributed by atoms with Crippen LogP contribution in [0.5, 0.6) is 5.75 Å². The van der Waals surface area contributed by atoms with E-state index in [4.69, 9.17) is 21.1 Å². The van der Waals surface area contributed by atoms with Gasteiger partial charge in [0.15, 0.2) is 0 Å². The Kier molecular flexibility index (Phi) is 8.01. The van der Waals surface area contributed by atoms with Crippen LogP contribution in [-0.2, 0) is 14.3 Å². The largest absolute Gasteiger partial charge is 0.492 e. The van der Waals surface area contributed by atoms with E-state index < -0.39 is 0 Å². The van der Waals surface area contributed by atoms with Crippen molar-refractivity contribution < 1.29 is 19.1 Å². The minimum atomic E-state index is 0.0853. The molecule has 1 saturated heterocycles. The first-order chi connectivity index (χ1) is 12.1. The lowest BCUT2D eigenvalue weighted by Gasteiger charge is -2.35. The summed E-state index contributed by atoms with van der Waals surface area (Å²) in [7, 11) is 1.58. The van der Waals surface area contributed by atoms with Crippen molar-refractivity contribution in [3.8, 4) is 5.75 Å². The summed E-state index contributed by atoms with van der Waals surface area (Å²) < 4.78 is 10.5. The van der Waals surface area contributed by atoms with Gasteiger partial charge in [0.25, 0.3) is 0 Å². The van der Waals surface area contributed by atoms with Gasteiger partial charge in [0.1, 0.15) is 5.75 Å². The maximum atomic E-state index is 12.2. The van der Waals surface area contributed by atoms with Gasteiger partial charge in [-0.25, -0.2) is 0 Å². The molecular formula is C18H25ClN2O4. The predicted molar refractivity (Wildman–Crippen MR) is 95.8 cm³/mol. The van der Waals surface area contributed by atoms with Gasteiger partial charge >= 0.3 is 0 Å². The molecule has 0 saturated carbocycles. The summed E-state index contributed by atoms with van der Waals surface area (Å²) in [6.45, 7) is 3.23. The van der Waals surface area contributed by atoms with Crippen molar-refractivity contribution in [1.29, 1.82) is 0 Å². The number of carbonyl (C=O) groups is 2. The number of piperazine rings is 1. The van der Waals surface area contributed by atoms with Gasteiger partial charge < -0.3 is 19.3 Å². The maximum Gasteiger partial charge on any atom is 0.225 e. The monoisotopic (exact) mass is 368 g/mol. The quantitative estimate of drug-likeness (QED) is 0.660. The zero-order valence-corrected chi connectivity index (χ0v) is 15.3. The second kappa shape index (κ2) is 10.3. The number of carbonyl (C=O) groups excluding carboxylic acids is 2. The Morgan fingerprint density at radius 1 is 1.00 bits per heavy atom. The summed E-state index contributed by atoms with van der Waals surface area (Å²) in [4.78, 5) is 27.8. The molecule has 1 aromatic rings. The van der Waals surface area contributed by atoms with Crippen molar-refractivity contribution in [2.24, 2.45) is 0 Å². The third-order valence-electron chi connectivity index (χ3n) is 4.13. The molecule has 2 amide bonds. The normalized spacial score (nSPS) is 14.5. The first-order valence-corrected chi connectivity index (χ1v) is 8.91. The molecule has 0 radical (unpaired) electrons. The van der Waals surface area contributed by atoms with Crippen LogP contribution in [0.3, 0.4) is 0 Å². The van der Waals surface area contributed by atoms with E-state index in [-0.39, 0.29) is 11.8 Å². The fourth-order valence-electron chi connectivity index (χ4n) is 2.68. The molecule has 0 spiro atoms. The van der Waals surface area contributed by atoms with Gasteiger partial charge in [0, 0.05) is 39.7 Å². The summed E-state index contributed by atoms with van der Waals surface area (Å²) in [6, 6.07) is 7.29. The van der Waals surface area contributed by atoms with Crippen LogP contribution in [0.4, 0.5) is 0 Å².